The molecule has 1 unspecified atom stereocenters. The molecule has 0 fully saturated rings. The van der Waals surface area contributed by atoms with Gasteiger partial charge in [-0.15, -0.1) is 0 Å². The third kappa shape index (κ3) is 3.85. The summed E-state index contributed by atoms with van der Waals surface area (Å²) in [5.41, 5.74) is 7.05. The molecule has 1 heterocycles. The maximum atomic E-state index is 11.7. The smallest absolute Gasteiger partial charge is 0.222 e. The van der Waals surface area contributed by atoms with Gasteiger partial charge >= 0.3 is 0 Å². The lowest BCUT2D eigenvalue weighted by Gasteiger charge is -2.20. The number of nitrogens with zero attached hydrogens (tertiary/aromatic N) is 1. The van der Waals surface area contributed by atoms with E-state index in [1.165, 1.54) is 0 Å². The fourth-order valence-corrected chi connectivity index (χ4v) is 1.89. The zero-order valence-electron chi connectivity index (χ0n) is 11.1. The van der Waals surface area contributed by atoms with Crippen molar-refractivity contribution in [3.63, 3.8) is 0 Å². The van der Waals surface area contributed by atoms with Gasteiger partial charge in [-0.3, -0.25) is 4.79 Å². The van der Waals surface area contributed by atoms with E-state index in [2.05, 4.69) is 10.5 Å². The van der Waals surface area contributed by atoms with Crippen molar-refractivity contribution in [1.82, 2.24) is 10.5 Å². The molecule has 0 spiro atoms. The summed E-state index contributed by atoms with van der Waals surface area (Å²) in [5.74, 6) is 0.673. The summed E-state index contributed by atoms with van der Waals surface area (Å²) in [4.78, 5) is 11.7. The van der Waals surface area contributed by atoms with Gasteiger partial charge in [-0.1, -0.05) is 5.16 Å². The number of aromatic nitrogens is 1. The summed E-state index contributed by atoms with van der Waals surface area (Å²) >= 11 is 0. The van der Waals surface area contributed by atoms with Gasteiger partial charge in [0.05, 0.1) is 11.7 Å². The SMILES string of the molecule is Cc1noc(C)c1C(C)NC(=O)CC(C)(C)N. The molecule has 0 aliphatic rings. The van der Waals surface area contributed by atoms with E-state index in [9.17, 15) is 4.79 Å². The first-order chi connectivity index (χ1) is 7.70. The van der Waals surface area contributed by atoms with E-state index < -0.39 is 5.54 Å². The van der Waals surface area contributed by atoms with Gasteiger partial charge in [0.25, 0.3) is 0 Å². The van der Waals surface area contributed by atoms with Gasteiger partial charge in [-0.2, -0.15) is 0 Å². The zero-order chi connectivity index (χ0) is 13.2. The molecule has 0 aliphatic heterocycles. The molecule has 1 aromatic heterocycles. The summed E-state index contributed by atoms with van der Waals surface area (Å²) < 4.78 is 5.07. The van der Waals surface area contributed by atoms with Crippen LogP contribution in [0.3, 0.4) is 0 Å². The molecular weight excluding hydrogens is 218 g/mol. The van der Waals surface area contributed by atoms with E-state index in [0.29, 0.717) is 6.42 Å². The highest BCUT2D eigenvalue weighted by Gasteiger charge is 2.21. The topological polar surface area (TPSA) is 81.2 Å². The summed E-state index contributed by atoms with van der Waals surface area (Å²) in [7, 11) is 0. The molecule has 96 valence electrons. The normalized spacial score (nSPS) is 13.5. The maximum absolute atomic E-state index is 11.7. The second-order valence-corrected chi connectivity index (χ2v) is 5.19. The highest BCUT2D eigenvalue weighted by molar-refractivity contribution is 5.77. The van der Waals surface area contributed by atoms with Crippen LogP contribution in [0.1, 0.15) is 50.3 Å². The van der Waals surface area contributed by atoms with Gasteiger partial charge in [0.2, 0.25) is 5.91 Å². The molecular formula is C12H21N3O2. The average Bonchev–Trinajstić information content (AvgIpc) is 2.42. The number of aryl methyl sites for hydroxylation is 2. The Balaban J connectivity index is 2.67. The van der Waals surface area contributed by atoms with Gasteiger partial charge in [-0.05, 0) is 34.6 Å². The quantitative estimate of drug-likeness (QED) is 0.836. The van der Waals surface area contributed by atoms with Crippen LogP contribution < -0.4 is 11.1 Å². The van der Waals surface area contributed by atoms with Crippen molar-refractivity contribution in [1.29, 1.82) is 0 Å². The number of nitrogens with one attached hydrogen (secondary N) is 1. The fraction of sp³-hybridized carbons (Fsp3) is 0.667. The standard InChI is InChI=1S/C12H21N3O2/c1-7(11-8(2)15-17-9(11)3)14-10(16)6-12(4,5)13/h7H,6,13H2,1-5H3,(H,14,16). The molecule has 17 heavy (non-hydrogen) atoms. The molecule has 0 radical (unpaired) electrons. The van der Waals surface area contributed by atoms with Crippen molar-refractivity contribution in [3.05, 3.63) is 17.0 Å². The Bertz CT molecular complexity index is 385. The molecule has 0 aliphatic carbocycles. The summed E-state index contributed by atoms with van der Waals surface area (Å²) in [6.45, 7) is 9.26. The van der Waals surface area contributed by atoms with Crippen molar-refractivity contribution in [2.45, 2.75) is 52.6 Å². The van der Waals surface area contributed by atoms with Crippen LogP contribution in [0.5, 0.6) is 0 Å². The lowest BCUT2D eigenvalue weighted by Crippen LogP contribution is -2.39. The Morgan fingerprint density at radius 1 is 1.53 bits per heavy atom. The van der Waals surface area contributed by atoms with Crippen molar-refractivity contribution in [2.75, 3.05) is 0 Å². The number of nitrogens with two attached hydrogens (primary N) is 1. The third-order valence-electron chi connectivity index (χ3n) is 2.52. The van der Waals surface area contributed by atoms with E-state index in [0.717, 1.165) is 17.0 Å². The van der Waals surface area contributed by atoms with E-state index in [1.807, 2.05) is 34.6 Å². The van der Waals surface area contributed by atoms with Gasteiger partial charge in [-0.25, -0.2) is 0 Å². The summed E-state index contributed by atoms with van der Waals surface area (Å²) in [6.07, 6.45) is 0.292. The summed E-state index contributed by atoms with van der Waals surface area (Å²) in [6, 6.07) is -0.115. The van der Waals surface area contributed by atoms with E-state index >= 15 is 0 Å². The fourth-order valence-electron chi connectivity index (χ4n) is 1.89. The van der Waals surface area contributed by atoms with Crippen molar-refractivity contribution in [2.24, 2.45) is 5.73 Å². The van der Waals surface area contributed by atoms with Gasteiger partial charge in [0.1, 0.15) is 5.76 Å². The number of carbonyl (C=O) groups excluding carboxylic acids is 1. The highest BCUT2D eigenvalue weighted by atomic mass is 16.5. The minimum absolute atomic E-state index is 0.0648. The Morgan fingerprint density at radius 2 is 2.12 bits per heavy atom. The zero-order valence-corrected chi connectivity index (χ0v) is 11.1. The van der Waals surface area contributed by atoms with Crippen LogP contribution in [0, 0.1) is 13.8 Å². The van der Waals surface area contributed by atoms with E-state index in [1.54, 1.807) is 0 Å². The van der Waals surface area contributed by atoms with Crippen LogP contribution in [-0.2, 0) is 4.79 Å². The molecule has 1 aromatic rings. The number of hydrogen-bond donors (Lipinski definition) is 2. The highest BCUT2D eigenvalue weighted by Crippen LogP contribution is 2.21. The largest absolute Gasteiger partial charge is 0.361 e. The molecule has 1 rings (SSSR count). The number of hydrogen-bond acceptors (Lipinski definition) is 4. The number of rotatable bonds is 4. The molecule has 0 bridgehead atoms. The lowest BCUT2D eigenvalue weighted by atomic mass is 10.0. The first-order valence-corrected chi connectivity index (χ1v) is 5.71. The van der Waals surface area contributed by atoms with Gasteiger partial charge in [0, 0.05) is 17.5 Å². The van der Waals surface area contributed by atoms with Crippen molar-refractivity contribution < 1.29 is 9.32 Å². The molecule has 0 aromatic carbocycles. The average molecular weight is 239 g/mol. The van der Waals surface area contributed by atoms with Crippen LogP contribution in [0.15, 0.2) is 4.52 Å². The van der Waals surface area contributed by atoms with Gasteiger partial charge < -0.3 is 15.6 Å². The summed E-state index contributed by atoms with van der Waals surface area (Å²) in [5, 5.41) is 6.77. The van der Waals surface area contributed by atoms with Crippen LogP contribution in [0.2, 0.25) is 0 Å². The molecule has 3 N–H and O–H groups in total. The second kappa shape index (κ2) is 4.87. The monoisotopic (exact) mass is 239 g/mol. The first-order valence-electron chi connectivity index (χ1n) is 5.71. The Hall–Kier alpha value is -1.36. The Labute approximate surface area is 102 Å². The molecule has 5 nitrogen and oxygen atoms in total. The van der Waals surface area contributed by atoms with Crippen molar-refractivity contribution >= 4 is 5.91 Å². The number of carbonyl (C=O) groups is 1. The molecule has 0 saturated heterocycles. The van der Waals surface area contributed by atoms with Gasteiger partial charge in [0.15, 0.2) is 0 Å². The van der Waals surface area contributed by atoms with Crippen LogP contribution in [-0.4, -0.2) is 16.6 Å². The van der Waals surface area contributed by atoms with E-state index in [4.69, 9.17) is 10.3 Å². The van der Waals surface area contributed by atoms with Crippen molar-refractivity contribution in [3.8, 4) is 0 Å². The molecule has 1 atom stereocenters. The Kier molecular flexibility index (Phi) is 3.93. The molecule has 1 amide bonds. The minimum Gasteiger partial charge on any atom is -0.361 e. The first kappa shape index (κ1) is 13.7. The number of amides is 1. The van der Waals surface area contributed by atoms with Crippen LogP contribution in [0.4, 0.5) is 0 Å². The lowest BCUT2D eigenvalue weighted by molar-refractivity contribution is -0.122. The predicted molar refractivity (Wildman–Crippen MR) is 65.4 cm³/mol. The van der Waals surface area contributed by atoms with Crippen LogP contribution >= 0.6 is 0 Å². The predicted octanol–water partition coefficient (Wildman–Crippen LogP) is 1.60. The van der Waals surface area contributed by atoms with E-state index in [-0.39, 0.29) is 11.9 Å². The maximum Gasteiger partial charge on any atom is 0.222 e. The second-order valence-electron chi connectivity index (χ2n) is 5.19. The Morgan fingerprint density at radius 3 is 2.53 bits per heavy atom. The molecule has 5 heteroatoms. The minimum atomic E-state index is -0.497. The molecule has 0 saturated carbocycles. The third-order valence-corrected chi connectivity index (χ3v) is 2.52. The van der Waals surface area contributed by atoms with Crippen LogP contribution in [0.25, 0.3) is 0 Å².